The Morgan fingerprint density at radius 3 is 2.75 bits per heavy atom. The lowest BCUT2D eigenvalue weighted by molar-refractivity contribution is -0.140. The maximum absolute atomic E-state index is 12.7. The SMILES string of the molecule is COC(=O)CCCCCNC(=O)C(C)SCc1nc2scc(-c3ccccc3)c2c(=O)[nH]1. The predicted octanol–water partition coefficient (Wildman–Crippen LogP) is 4.12. The molecule has 2 aromatic heterocycles. The third-order valence-corrected chi connectivity index (χ3v) is 7.03. The number of aromatic amines is 1. The second-order valence-corrected chi connectivity index (χ2v) is 9.53. The average molecular weight is 474 g/mol. The normalized spacial score (nSPS) is 11.9. The molecule has 3 rings (SSSR count). The van der Waals surface area contributed by atoms with Crippen LogP contribution in [0.4, 0.5) is 0 Å². The number of esters is 1. The maximum atomic E-state index is 12.7. The van der Waals surface area contributed by atoms with E-state index in [-0.39, 0.29) is 22.7 Å². The minimum Gasteiger partial charge on any atom is -0.469 e. The van der Waals surface area contributed by atoms with Gasteiger partial charge in [-0.2, -0.15) is 0 Å². The number of thioether (sulfide) groups is 1. The Morgan fingerprint density at radius 2 is 2.00 bits per heavy atom. The molecule has 0 aliphatic rings. The Bertz CT molecular complexity index is 1110. The van der Waals surface area contributed by atoms with E-state index in [9.17, 15) is 14.4 Å². The number of carbonyl (C=O) groups is 2. The number of methoxy groups -OCH3 is 1. The lowest BCUT2D eigenvalue weighted by Gasteiger charge is -2.11. The quantitative estimate of drug-likeness (QED) is 0.321. The van der Waals surface area contributed by atoms with Gasteiger partial charge in [0.15, 0.2) is 0 Å². The van der Waals surface area contributed by atoms with E-state index in [4.69, 9.17) is 0 Å². The van der Waals surface area contributed by atoms with E-state index in [2.05, 4.69) is 20.0 Å². The number of benzene rings is 1. The van der Waals surface area contributed by atoms with Crippen LogP contribution in [0.5, 0.6) is 0 Å². The summed E-state index contributed by atoms with van der Waals surface area (Å²) in [4.78, 5) is 44.3. The van der Waals surface area contributed by atoms with E-state index in [0.29, 0.717) is 34.8 Å². The standard InChI is InChI=1S/C23H27N3O4S2/c1-15(21(28)24-12-8-4-7-11-19(27)30-2)31-14-18-25-22(29)20-17(13-32-23(20)26-18)16-9-5-3-6-10-16/h3,5-6,9-10,13,15H,4,7-8,11-12,14H2,1-2H3,(H,24,28)(H,25,26,29). The molecule has 2 heterocycles. The molecule has 170 valence electrons. The molecule has 0 aliphatic carbocycles. The molecular weight excluding hydrogens is 446 g/mol. The number of unbranched alkanes of at least 4 members (excludes halogenated alkanes) is 2. The van der Waals surface area contributed by atoms with Crippen molar-refractivity contribution in [3.05, 3.63) is 51.9 Å². The van der Waals surface area contributed by atoms with E-state index in [1.54, 1.807) is 0 Å². The van der Waals surface area contributed by atoms with Crippen LogP contribution >= 0.6 is 23.1 Å². The number of carbonyl (C=O) groups excluding carboxylic acids is 2. The Hall–Kier alpha value is -2.65. The lowest BCUT2D eigenvalue weighted by atomic mass is 10.1. The molecule has 1 aromatic carbocycles. The second kappa shape index (κ2) is 11.8. The smallest absolute Gasteiger partial charge is 0.305 e. The van der Waals surface area contributed by atoms with Crippen LogP contribution in [0.25, 0.3) is 21.3 Å². The molecule has 0 saturated carbocycles. The highest BCUT2D eigenvalue weighted by Gasteiger charge is 2.16. The number of nitrogens with one attached hydrogen (secondary N) is 2. The number of hydrogen-bond donors (Lipinski definition) is 2. The molecule has 7 nitrogen and oxygen atoms in total. The van der Waals surface area contributed by atoms with Crippen molar-refractivity contribution in [2.75, 3.05) is 13.7 Å². The van der Waals surface area contributed by atoms with Crippen molar-refractivity contribution < 1.29 is 14.3 Å². The molecule has 0 aliphatic heterocycles. The van der Waals surface area contributed by atoms with Crippen LogP contribution in [0.2, 0.25) is 0 Å². The van der Waals surface area contributed by atoms with Crippen LogP contribution in [-0.4, -0.2) is 40.7 Å². The number of rotatable bonds is 11. The van der Waals surface area contributed by atoms with E-state index >= 15 is 0 Å². The highest BCUT2D eigenvalue weighted by molar-refractivity contribution is 7.99. The second-order valence-electron chi connectivity index (χ2n) is 7.34. The summed E-state index contributed by atoms with van der Waals surface area (Å²) in [5.41, 5.74) is 1.72. The lowest BCUT2D eigenvalue weighted by Crippen LogP contribution is -2.31. The van der Waals surface area contributed by atoms with Crippen LogP contribution in [0.3, 0.4) is 0 Å². The topological polar surface area (TPSA) is 101 Å². The fourth-order valence-corrected chi connectivity index (χ4v) is 4.95. The summed E-state index contributed by atoms with van der Waals surface area (Å²) < 4.78 is 4.60. The van der Waals surface area contributed by atoms with Gasteiger partial charge in [-0.05, 0) is 25.3 Å². The van der Waals surface area contributed by atoms with Gasteiger partial charge in [0, 0.05) is 23.9 Å². The molecule has 1 unspecified atom stereocenters. The van der Waals surface area contributed by atoms with Crippen molar-refractivity contribution >= 4 is 45.2 Å². The molecule has 0 saturated heterocycles. The minimum atomic E-state index is -0.269. The summed E-state index contributed by atoms with van der Waals surface area (Å²) >= 11 is 2.88. The molecular formula is C23H27N3O4S2. The van der Waals surface area contributed by atoms with Crippen molar-refractivity contribution in [3.63, 3.8) is 0 Å². The number of ether oxygens (including phenoxy) is 1. The number of hydrogen-bond acceptors (Lipinski definition) is 7. The minimum absolute atomic E-state index is 0.0473. The molecule has 3 aromatic rings. The van der Waals surface area contributed by atoms with E-state index < -0.39 is 0 Å². The van der Waals surface area contributed by atoms with Gasteiger partial charge in [-0.3, -0.25) is 14.4 Å². The van der Waals surface area contributed by atoms with Crippen molar-refractivity contribution in [3.8, 4) is 11.1 Å². The van der Waals surface area contributed by atoms with Gasteiger partial charge in [-0.15, -0.1) is 23.1 Å². The zero-order valence-electron chi connectivity index (χ0n) is 18.2. The van der Waals surface area contributed by atoms with Crippen LogP contribution in [0, 0.1) is 0 Å². The van der Waals surface area contributed by atoms with E-state index in [1.807, 2.05) is 42.6 Å². The zero-order chi connectivity index (χ0) is 22.9. The monoisotopic (exact) mass is 473 g/mol. The number of fused-ring (bicyclic) bond motifs is 1. The third kappa shape index (κ3) is 6.43. The van der Waals surface area contributed by atoms with Crippen LogP contribution in [0.1, 0.15) is 38.4 Å². The van der Waals surface area contributed by atoms with Crippen LogP contribution in [-0.2, 0) is 20.1 Å². The zero-order valence-corrected chi connectivity index (χ0v) is 19.8. The van der Waals surface area contributed by atoms with Gasteiger partial charge in [0.1, 0.15) is 10.7 Å². The Labute approximate surface area is 195 Å². The first kappa shape index (κ1) is 24.0. The predicted molar refractivity (Wildman–Crippen MR) is 130 cm³/mol. The molecule has 9 heteroatoms. The summed E-state index contributed by atoms with van der Waals surface area (Å²) in [6.45, 7) is 2.41. The summed E-state index contributed by atoms with van der Waals surface area (Å²) in [5.74, 6) is 0.755. The van der Waals surface area contributed by atoms with Crippen LogP contribution < -0.4 is 10.9 Å². The number of amides is 1. The fraction of sp³-hybridized carbons (Fsp3) is 0.391. The summed E-state index contributed by atoms with van der Waals surface area (Å²) in [7, 11) is 1.38. The van der Waals surface area contributed by atoms with Crippen molar-refractivity contribution in [2.45, 2.75) is 43.6 Å². The molecule has 0 fully saturated rings. The van der Waals surface area contributed by atoms with Gasteiger partial charge in [-0.25, -0.2) is 4.98 Å². The Kier molecular flexibility index (Phi) is 8.87. The van der Waals surface area contributed by atoms with Crippen molar-refractivity contribution in [2.24, 2.45) is 0 Å². The molecule has 2 N–H and O–H groups in total. The van der Waals surface area contributed by atoms with Gasteiger partial charge in [0.05, 0.1) is 23.5 Å². The molecule has 32 heavy (non-hydrogen) atoms. The van der Waals surface area contributed by atoms with Gasteiger partial charge < -0.3 is 15.0 Å². The number of thiophene rings is 1. The van der Waals surface area contributed by atoms with Crippen molar-refractivity contribution in [1.82, 2.24) is 15.3 Å². The summed E-state index contributed by atoms with van der Waals surface area (Å²) in [6, 6.07) is 9.78. The first-order valence-corrected chi connectivity index (χ1v) is 12.4. The van der Waals surface area contributed by atoms with E-state index in [0.717, 1.165) is 30.4 Å². The third-order valence-electron chi connectivity index (χ3n) is 5.00. The number of aromatic nitrogens is 2. The van der Waals surface area contributed by atoms with Gasteiger partial charge in [0.25, 0.3) is 5.56 Å². The highest BCUT2D eigenvalue weighted by atomic mass is 32.2. The Morgan fingerprint density at radius 1 is 1.22 bits per heavy atom. The Balaban J connectivity index is 1.50. The highest BCUT2D eigenvalue weighted by Crippen LogP contribution is 2.30. The number of nitrogens with zero attached hydrogens (tertiary/aromatic N) is 1. The maximum Gasteiger partial charge on any atom is 0.305 e. The van der Waals surface area contributed by atoms with E-state index in [1.165, 1.54) is 30.2 Å². The van der Waals surface area contributed by atoms with Crippen molar-refractivity contribution in [1.29, 1.82) is 0 Å². The molecule has 1 atom stereocenters. The summed E-state index contributed by atoms with van der Waals surface area (Å²) in [5, 5.41) is 5.21. The first-order chi connectivity index (χ1) is 15.5. The molecule has 0 radical (unpaired) electrons. The summed E-state index contributed by atoms with van der Waals surface area (Å²) in [6.07, 6.45) is 2.83. The average Bonchev–Trinajstić information content (AvgIpc) is 3.24. The molecule has 1 amide bonds. The fourth-order valence-electron chi connectivity index (χ4n) is 3.20. The van der Waals surface area contributed by atoms with Gasteiger partial charge in [0.2, 0.25) is 5.91 Å². The van der Waals surface area contributed by atoms with Gasteiger partial charge in [-0.1, -0.05) is 36.8 Å². The first-order valence-electron chi connectivity index (χ1n) is 10.5. The van der Waals surface area contributed by atoms with Gasteiger partial charge >= 0.3 is 5.97 Å². The van der Waals surface area contributed by atoms with Crippen LogP contribution in [0.15, 0.2) is 40.5 Å². The molecule has 0 bridgehead atoms. The largest absolute Gasteiger partial charge is 0.469 e. The molecule has 0 spiro atoms. The number of H-pyrrole nitrogens is 1.